The maximum absolute atomic E-state index is 11.6. The Morgan fingerprint density at radius 1 is 1.47 bits per heavy atom. The molecule has 4 heteroatoms. The fourth-order valence-corrected chi connectivity index (χ4v) is 3.79. The van der Waals surface area contributed by atoms with Crippen molar-refractivity contribution in [1.29, 1.82) is 0 Å². The summed E-state index contributed by atoms with van der Waals surface area (Å²) in [5, 5.41) is 4.21. The molecule has 3 atom stereocenters. The van der Waals surface area contributed by atoms with Crippen molar-refractivity contribution in [3.8, 4) is 0 Å². The van der Waals surface area contributed by atoms with Gasteiger partial charge in [-0.2, -0.15) is 0 Å². The van der Waals surface area contributed by atoms with Gasteiger partial charge >= 0.3 is 6.03 Å². The number of nitrogens with one attached hydrogen (secondary N) is 1. The lowest BCUT2D eigenvalue weighted by atomic mass is 9.69. The van der Waals surface area contributed by atoms with E-state index in [4.69, 9.17) is 4.84 Å². The Bertz CT molecular complexity index is 304. The van der Waals surface area contributed by atoms with Gasteiger partial charge in [0.2, 0.25) is 0 Å². The lowest BCUT2D eigenvalue weighted by Gasteiger charge is -2.38. The maximum atomic E-state index is 11.6. The van der Waals surface area contributed by atoms with E-state index in [2.05, 4.69) is 19.2 Å². The molecular weight excluding hydrogens is 216 g/mol. The Balaban J connectivity index is 1.89. The van der Waals surface area contributed by atoms with Gasteiger partial charge in [0.25, 0.3) is 0 Å². The molecule has 1 N–H and O–H groups in total. The molecule has 0 radical (unpaired) electrons. The third kappa shape index (κ3) is 2.15. The van der Waals surface area contributed by atoms with Gasteiger partial charge in [0.1, 0.15) is 0 Å². The van der Waals surface area contributed by atoms with E-state index in [1.54, 1.807) is 7.05 Å². The second-order valence-corrected chi connectivity index (χ2v) is 6.06. The highest BCUT2D eigenvalue weighted by atomic mass is 16.7. The van der Waals surface area contributed by atoms with Crippen LogP contribution in [0.25, 0.3) is 0 Å². The quantitative estimate of drug-likeness (QED) is 0.769. The van der Waals surface area contributed by atoms with Crippen molar-refractivity contribution in [3.05, 3.63) is 0 Å². The number of carbonyl (C=O) groups is 1. The number of carbonyl (C=O) groups excluding carboxylic acids is 1. The summed E-state index contributed by atoms with van der Waals surface area (Å²) >= 11 is 0. The van der Waals surface area contributed by atoms with Gasteiger partial charge in [0.15, 0.2) is 0 Å². The van der Waals surface area contributed by atoms with Crippen LogP contribution >= 0.6 is 0 Å². The van der Waals surface area contributed by atoms with E-state index in [9.17, 15) is 4.79 Å². The molecule has 0 spiro atoms. The van der Waals surface area contributed by atoms with Gasteiger partial charge < -0.3 is 5.32 Å². The molecule has 0 aromatic carbocycles. The minimum Gasteiger partial charge on any atom is -0.336 e. The Hall–Kier alpha value is -0.770. The number of hydrogen-bond donors (Lipinski definition) is 1. The first-order valence-corrected chi connectivity index (χ1v) is 6.52. The summed E-state index contributed by atoms with van der Waals surface area (Å²) < 4.78 is 0. The number of hydroxylamine groups is 2. The van der Waals surface area contributed by atoms with Gasteiger partial charge in [-0.05, 0) is 42.4 Å². The summed E-state index contributed by atoms with van der Waals surface area (Å²) in [5.41, 5.74) is 0.377. The zero-order chi connectivity index (χ0) is 12.6. The second-order valence-electron chi connectivity index (χ2n) is 6.06. The third-order valence-corrected chi connectivity index (χ3v) is 5.08. The van der Waals surface area contributed by atoms with Gasteiger partial charge in [-0.15, -0.1) is 0 Å². The summed E-state index contributed by atoms with van der Waals surface area (Å²) in [4.78, 5) is 16.5. The highest BCUT2D eigenvalue weighted by Crippen LogP contribution is 2.58. The first-order chi connectivity index (χ1) is 7.96. The molecule has 2 fully saturated rings. The van der Waals surface area contributed by atoms with E-state index in [1.165, 1.54) is 31.4 Å². The third-order valence-electron chi connectivity index (χ3n) is 5.08. The van der Waals surface area contributed by atoms with Crippen LogP contribution < -0.4 is 5.32 Å². The van der Waals surface area contributed by atoms with E-state index >= 15 is 0 Å². The van der Waals surface area contributed by atoms with Crippen LogP contribution in [0.4, 0.5) is 4.79 Å². The fourth-order valence-electron chi connectivity index (χ4n) is 3.79. The molecule has 0 aromatic heterocycles. The van der Waals surface area contributed by atoms with Gasteiger partial charge in [-0.3, -0.25) is 4.84 Å². The Morgan fingerprint density at radius 2 is 2.18 bits per heavy atom. The molecule has 0 aliphatic heterocycles. The highest BCUT2D eigenvalue weighted by molar-refractivity contribution is 5.72. The van der Waals surface area contributed by atoms with Gasteiger partial charge in [0, 0.05) is 13.6 Å². The fraction of sp³-hybridized carbons (Fsp3) is 0.923. The molecule has 2 rings (SSSR count). The maximum Gasteiger partial charge on any atom is 0.341 e. The van der Waals surface area contributed by atoms with Crippen molar-refractivity contribution in [2.24, 2.45) is 23.2 Å². The van der Waals surface area contributed by atoms with E-state index < -0.39 is 0 Å². The van der Waals surface area contributed by atoms with Crippen LogP contribution in [0.1, 0.15) is 33.1 Å². The van der Waals surface area contributed by atoms with Crippen LogP contribution in [0, 0.1) is 23.2 Å². The standard InChI is InChI=1S/C13H24N2O2/c1-13(2)10-6-5-9(7-10)11(13)8-14-12(16)15(3)17-4/h9-11H,5-8H2,1-4H3,(H,14,16)/t9-,10+,11+/m1/s1. The molecule has 0 unspecified atom stereocenters. The monoisotopic (exact) mass is 240 g/mol. The van der Waals surface area contributed by atoms with E-state index in [1.807, 2.05) is 0 Å². The average Bonchev–Trinajstić information content (AvgIpc) is 2.84. The summed E-state index contributed by atoms with van der Waals surface area (Å²) in [6, 6.07) is -0.147. The highest BCUT2D eigenvalue weighted by Gasteiger charge is 2.52. The number of nitrogens with zero attached hydrogens (tertiary/aromatic N) is 1. The van der Waals surface area contributed by atoms with Crippen molar-refractivity contribution >= 4 is 6.03 Å². The number of fused-ring (bicyclic) bond motifs is 2. The Morgan fingerprint density at radius 3 is 2.71 bits per heavy atom. The van der Waals surface area contributed by atoms with Crippen molar-refractivity contribution in [2.75, 3.05) is 20.7 Å². The Labute approximate surface area is 104 Å². The smallest absolute Gasteiger partial charge is 0.336 e. The van der Waals surface area contributed by atoms with E-state index in [0.29, 0.717) is 11.3 Å². The minimum absolute atomic E-state index is 0.147. The molecule has 0 heterocycles. The molecule has 2 bridgehead atoms. The molecule has 2 amide bonds. The van der Waals surface area contributed by atoms with Crippen LogP contribution in [0.15, 0.2) is 0 Å². The predicted octanol–water partition coefficient (Wildman–Crippen LogP) is 2.26. The summed E-state index contributed by atoms with van der Waals surface area (Å²) in [6.45, 7) is 5.49. The van der Waals surface area contributed by atoms with Crippen LogP contribution in [0.3, 0.4) is 0 Å². The lowest BCUT2D eigenvalue weighted by molar-refractivity contribution is -0.0655. The SMILES string of the molecule is CON(C)C(=O)NC[C@H]1[C@@H]2CC[C@@H](C2)C1(C)C. The molecule has 98 valence electrons. The molecule has 17 heavy (non-hydrogen) atoms. The number of hydrogen-bond acceptors (Lipinski definition) is 2. The summed E-state index contributed by atoms with van der Waals surface area (Å²) in [6.07, 6.45) is 4.07. The first-order valence-electron chi connectivity index (χ1n) is 6.52. The largest absolute Gasteiger partial charge is 0.341 e. The predicted molar refractivity (Wildman–Crippen MR) is 66.3 cm³/mol. The molecule has 2 aliphatic rings. The summed E-state index contributed by atoms with van der Waals surface area (Å²) in [7, 11) is 3.13. The molecule has 4 nitrogen and oxygen atoms in total. The van der Waals surface area contributed by atoms with Crippen LogP contribution in [-0.2, 0) is 4.84 Å². The molecule has 0 aromatic rings. The van der Waals surface area contributed by atoms with Gasteiger partial charge in [0.05, 0.1) is 7.11 Å². The topological polar surface area (TPSA) is 41.6 Å². The van der Waals surface area contributed by atoms with Crippen molar-refractivity contribution in [2.45, 2.75) is 33.1 Å². The van der Waals surface area contributed by atoms with Crippen LogP contribution in [0.5, 0.6) is 0 Å². The summed E-state index contributed by atoms with van der Waals surface area (Å²) in [5.74, 6) is 2.29. The van der Waals surface area contributed by atoms with Crippen molar-refractivity contribution in [1.82, 2.24) is 10.4 Å². The number of amides is 2. The molecule has 0 saturated heterocycles. The number of urea groups is 1. The second kappa shape index (κ2) is 4.48. The van der Waals surface area contributed by atoms with Crippen LogP contribution in [0.2, 0.25) is 0 Å². The van der Waals surface area contributed by atoms with Gasteiger partial charge in [-0.25, -0.2) is 9.86 Å². The normalized spacial score (nSPS) is 33.8. The van der Waals surface area contributed by atoms with E-state index in [0.717, 1.165) is 18.4 Å². The molecule has 2 saturated carbocycles. The molecular formula is C13H24N2O2. The zero-order valence-corrected chi connectivity index (χ0v) is 11.3. The van der Waals surface area contributed by atoms with E-state index in [-0.39, 0.29) is 6.03 Å². The first kappa shape index (κ1) is 12.7. The van der Waals surface area contributed by atoms with Crippen molar-refractivity contribution in [3.63, 3.8) is 0 Å². The van der Waals surface area contributed by atoms with Crippen LogP contribution in [-0.4, -0.2) is 31.8 Å². The number of rotatable bonds is 3. The minimum atomic E-state index is -0.147. The average molecular weight is 240 g/mol. The molecule has 2 aliphatic carbocycles. The van der Waals surface area contributed by atoms with Gasteiger partial charge in [-0.1, -0.05) is 13.8 Å². The lowest BCUT2D eigenvalue weighted by Crippen LogP contribution is -2.43. The Kier molecular flexibility index (Phi) is 3.34. The van der Waals surface area contributed by atoms with Crippen molar-refractivity contribution < 1.29 is 9.63 Å². The zero-order valence-electron chi connectivity index (χ0n) is 11.3.